The molecule has 2 heterocycles. The molecule has 5 heteroatoms. The summed E-state index contributed by atoms with van der Waals surface area (Å²) in [5.41, 5.74) is 4.26. The Morgan fingerprint density at radius 1 is 1.15 bits per heavy atom. The summed E-state index contributed by atoms with van der Waals surface area (Å²) < 4.78 is 2.28. The molecule has 2 fully saturated rings. The van der Waals surface area contributed by atoms with E-state index in [1.807, 2.05) is 0 Å². The highest BCUT2D eigenvalue weighted by molar-refractivity contribution is 5.89. The minimum absolute atomic E-state index is 0.0664. The van der Waals surface area contributed by atoms with Gasteiger partial charge in [0.15, 0.2) is 0 Å². The molecule has 1 aromatic heterocycles. The van der Waals surface area contributed by atoms with E-state index in [0.717, 1.165) is 71.0 Å². The summed E-state index contributed by atoms with van der Waals surface area (Å²) in [6, 6.07) is 7.56. The van der Waals surface area contributed by atoms with Crippen molar-refractivity contribution in [3.63, 3.8) is 0 Å². The molecule has 2 aromatic rings. The van der Waals surface area contributed by atoms with Crippen LogP contribution in [0, 0.1) is 5.92 Å². The monoisotopic (exact) mass is 451 g/mol. The van der Waals surface area contributed by atoms with E-state index in [2.05, 4.69) is 59.7 Å². The Bertz CT molecular complexity index is 990. The number of aryl methyl sites for hydroxylation is 1. The smallest absolute Gasteiger partial charge is 0.227 e. The molecule has 1 aliphatic heterocycles. The van der Waals surface area contributed by atoms with Crippen molar-refractivity contribution in [2.45, 2.75) is 89.3 Å². The number of nitrogens with zero attached hydrogens (tertiary/aromatic N) is 3. The molecule has 1 saturated carbocycles. The van der Waals surface area contributed by atoms with Gasteiger partial charge in [-0.15, -0.1) is 0 Å². The minimum atomic E-state index is -0.182. The van der Waals surface area contributed by atoms with E-state index >= 15 is 0 Å². The van der Waals surface area contributed by atoms with Gasteiger partial charge in [-0.2, -0.15) is 0 Å². The molecule has 1 N–H and O–H groups in total. The second-order valence-corrected chi connectivity index (χ2v) is 10.8. The van der Waals surface area contributed by atoms with Gasteiger partial charge in [-0.1, -0.05) is 26.0 Å². The van der Waals surface area contributed by atoms with E-state index in [0.29, 0.717) is 23.9 Å². The maximum Gasteiger partial charge on any atom is 0.227 e. The number of piperidine rings is 1. The topological polar surface area (TPSA) is 48.7 Å². The summed E-state index contributed by atoms with van der Waals surface area (Å²) in [4.78, 5) is 18.9. The number of hydrogen-bond acceptors (Lipinski definition) is 3. The number of aliphatic hydroxyl groups excluding tert-OH is 1. The molecule has 33 heavy (non-hydrogen) atoms. The second kappa shape index (κ2) is 9.42. The molecule has 3 aliphatic rings. The van der Waals surface area contributed by atoms with Gasteiger partial charge in [-0.3, -0.25) is 9.69 Å². The highest BCUT2D eigenvalue weighted by atomic mass is 16.3. The number of amides is 1. The van der Waals surface area contributed by atoms with Crippen molar-refractivity contribution in [2.24, 2.45) is 13.0 Å². The molecule has 0 unspecified atom stereocenters. The van der Waals surface area contributed by atoms with Crippen molar-refractivity contribution >= 4 is 16.8 Å². The van der Waals surface area contributed by atoms with Crippen LogP contribution < -0.4 is 0 Å². The summed E-state index contributed by atoms with van der Waals surface area (Å²) in [7, 11) is 2.16. The molecule has 1 aromatic carbocycles. The van der Waals surface area contributed by atoms with Crippen molar-refractivity contribution in [1.82, 2.24) is 14.4 Å². The number of benzene rings is 1. The fourth-order valence-corrected chi connectivity index (χ4v) is 7.12. The maximum absolute atomic E-state index is 14.0. The number of carbonyl (C=O) groups is 1. The lowest BCUT2D eigenvalue weighted by Gasteiger charge is -2.48. The highest BCUT2D eigenvalue weighted by Crippen LogP contribution is 2.45. The van der Waals surface area contributed by atoms with Crippen molar-refractivity contribution in [2.75, 3.05) is 19.6 Å². The predicted octanol–water partition coefficient (Wildman–Crippen LogP) is 4.46. The Morgan fingerprint density at radius 3 is 2.67 bits per heavy atom. The number of fused-ring (bicyclic) bond motifs is 2. The quantitative estimate of drug-likeness (QED) is 0.705. The summed E-state index contributed by atoms with van der Waals surface area (Å²) >= 11 is 0. The van der Waals surface area contributed by atoms with Crippen molar-refractivity contribution in [1.29, 1.82) is 0 Å². The van der Waals surface area contributed by atoms with Gasteiger partial charge in [-0.25, -0.2) is 0 Å². The van der Waals surface area contributed by atoms with Crippen molar-refractivity contribution in [3.8, 4) is 0 Å². The third kappa shape index (κ3) is 4.12. The van der Waals surface area contributed by atoms with Crippen molar-refractivity contribution < 1.29 is 9.90 Å². The van der Waals surface area contributed by atoms with Gasteiger partial charge in [-0.05, 0) is 75.1 Å². The van der Waals surface area contributed by atoms with E-state index in [9.17, 15) is 9.90 Å². The highest BCUT2D eigenvalue weighted by Gasteiger charge is 2.44. The Balaban J connectivity index is 1.45. The first-order valence-corrected chi connectivity index (χ1v) is 13.3. The normalized spacial score (nSPS) is 29.8. The van der Waals surface area contributed by atoms with E-state index in [4.69, 9.17) is 0 Å². The van der Waals surface area contributed by atoms with E-state index in [1.165, 1.54) is 22.0 Å². The van der Waals surface area contributed by atoms with E-state index < -0.39 is 0 Å². The number of hydrogen-bond donors (Lipinski definition) is 1. The summed E-state index contributed by atoms with van der Waals surface area (Å²) in [5.74, 6) is 0.857. The first-order chi connectivity index (χ1) is 16.0. The first-order valence-electron chi connectivity index (χ1n) is 13.3. The third-order valence-corrected chi connectivity index (χ3v) is 8.60. The predicted molar refractivity (Wildman–Crippen MR) is 133 cm³/mol. The van der Waals surface area contributed by atoms with E-state index in [-0.39, 0.29) is 12.0 Å². The van der Waals surface area contributed by atoms with Crippen LogP contribution in [0.15, 0.2) is 24.4 Å². The number of likely N-dealkylation sites (tertiary alicyclic amines) is 1. The lowest BCUT2D eigenvalue weighted by Crippen LogP contribution is -2.55. The van der Waals surface area contributed by atoms with Gasteiger partial charge >= 0.3 is 0 Å². The van der Waals surface area contributed by atoms with Crippen LogP contribution in [0.2, 0.25) is 0 Å². The van der Waals surface area contributed by atoms with Crippen LogP contribution in [0.5, 0.6) is 0 Å². The van der Waals surface area contributed by atoms with Crippen LogP contribution in [-0.2, 0) is 18.3 Å². The number of carbonyl (C=O) groups excluding carboxylic acids is 1. The zero-order valence-corrected chi connectivity index (χ0v) is 20.7. The zero-order valence-electron chi connectivity index (χ0n) is 20.7. The molecule has 5 nitrogen and oxygen atoms in total. The molecular formula is C28H41N3O2. The molecule has 1 saturated heterocycles. The summed E-state index contributed by atoms with van der Waals surface area (Å²) in [5, 5.41) is 11.4. The largest absolute Gasteiger partial charge is 0.393 e. The molecule has 0 radical (unpaired) electrons. The van der Waals surface area contributed by atoms with Crippen LogP contribution in [0.4, 0.5) is 0 Å². The molecule has 180 valence electrons. The van der Waals surface area contributed by atoms with Crippen LogP contribution in [0.1, 0.15) is 75.8 Å². The van der Waals surface area contributed by atoms with Crippen molar-refractivity contribution in [3.05, 3.63) is 35.5 Å². The van der Waals surface area contributed by atoms with Crippen LogP contribution >= 0.6 is 0 Å². The molecule has 0 bridgehead atoms. The Kier molecular flexibility index (Phi) is 6.54. The average molecular weight is 452 g/mol. The second-order valence-electron chi connectivity index (χ2n) is 10.8. The van der Waals surface area contributed by atoms with E-state index in [1.54, 1.807) is 0 Å². The molecule has 2 aliphatic carbocycles. The van der Waals surface area contributed by atoms with Gasteiger partial charge in [0.05, 0.1) is 12.0 Å². The molecule has 3 atom stereocenters. The molecule has 1 amide bonds. The minimum Gasteiger partial charge on any atom is -0.393 e. The zero-order chi connectivity index (χ0) is 23.1. The Morgan fingerprint density at radius 2 is 1.94 bits per heavy atom. The molecular weight excluding hydrogens is 410 g/mol. The lowest BCUT2D eigenvalue weighted by atomic mass is 9.72. The van der Waals surface area contributed by atoms with Gasteiger partial charge in [0.2, 0.25) is 5.91 Å². The van der Waals surface area contributed by atoms with Crippen LogP contribution in [0.25, 0.3) is 10.9 Å². The molecule has 0 spiro atoms. The Hall–Kier alpha value is -1.85. The van der Waals surface area contributed by atoms with Gasteiger partial charge < -0.3 is 14.6 Å². The van der Waals surface area contributed by atoms with Crippen LogP contribution in [-0.4, -0.2) is 63.2 Å². The lowest BCUT2D eigenvalue weighted by molar-refractivity contribution is -0.142. The number of rotatable bonds is 6. The summed E-state index contributed by atoms with van der Waals surface area (Å²) in [6.45, 7) is 7.23. The fraction of sp³-hybridized carbons (Fsp3) is 0.679. The van der Waals surface area contributed by atoms with Gasteiger partial charge in [0.25, 0.3) is 0 Å². The number of aliphatic hydroxyl groups is 1. The van der Waals surface area contributed by atoms with Gasteiger partial charge in [0, 0.05) is 55.2 Å². The van der Waals surface area contributed by atoms with Crippen LogP contribution in [0.3, 0.4) is 0 Å². The van der Waals surface area contributed by atoms with Gasteiger partial charge in [0.1, 0.15) is 0 Å². The maximum atomic E-state index is 14.0. The first kappa shape index (κ1) is 22.9. The SMILES string of the molecule is CCCN(C(=O)[C@@H]1C[C@H]2c3cccc4c3c(cn4C)C[C@H]2N(CCC)C1)C1CCC(O)CC1. The molecule has 5 rings (SSSR count). The number of aromatic nitrogens is 1. The summed E-state index contributed by atoms with van der Waals surface area (Å²) in [6.07, 6.45) is 9.86. The average Bonchev–Trinajstić information content (AvgIpc) is 3.15. The Labute approximate surface area is 198 Å². The fourth-order valence-electron chi connectivity index (χ4n) is 7.12. The standard InChI is InChI=1S/C28H41N3O2/c1-4-13-30-18-20(28(33)31(14-5-2)21-9-11-22(32)12-10-21)15-24-23-7-6-8-25-27(23)19(16-26(24)30)17-29(25)3/h6-8,17,20-22,24,26,32H,4-5,9-16,18H2,1-3H3/t20-,21?,22?,24+,26-/m1/s1. The third-order valence-electron chi connectivity index (χ3n) is 8.60.